The molecule has 9 aromatic rings. The Morgan fingerprint density at radius 2 is 1.34 bits per heavy atom. The van der Waals surface area contributed by atoms with E-state index in [1.54, 1.807) is 0 Å². The van der Waals surface area contributed by atoms with Crippen molar-refractivity contribution < 1.29 is 0 Å². The zero-order chi connectivity index (χ0) is 37.0. The number of aromatic nitrogens is 1. The van der Waals surface area contributed by atoms with Crippen LogP contribution in [0.5, 0.6) is 0 Å². The first-order valence-electron chi connectivity index (χ1n) is 19.3. The molecule has 1 N–H and O–H groups in total. The van der Waals surface area contributed by atoms with Crippen LogP contribution in [0.4, 0.5) is 0 Å². The minimum absolute atomic E-state index is 0.234. The van der Waals surface area contributed by atoms with Crippen LogP contribution in [0, 0.1) is 0 Å². The minimum Gasteiger partial charge on any atom is -0.344 e. The molecule has 4 nitrogen and oxygen atoms in total. The molecule has 0 saturated heterocycles. The van der Waals surface area contributed by atoms with Gasteiger partial charge >= 0.3 is 0 Å². The highest BCUT2D eigenvalue weighted by atomic mass is 32.1. The predicted molar refractivity (Wildman–Crippen MR) is 237 cm³/mol. The number of para-hydroxylation sites is 1. The third-order valence-corrected chi connectivity index (χ3v) is 12.3. The fourth-order valence-corrected chi connectivity index (χ4v) is 9.68. The van der Waals surface area contributed by atoms with Crippen molar-refractivity contribution in [1.82, 2.24) is 9.88 Å². The summed E-state index contributed by atoms with van der Waals surface area (Å²) in [5, 5.41) is 8.62. The molecule has 0 fully saturated rings. The largest absolute Gasteiger partial charge is 0.344 e. The molecule has 11 rings (SSSR count). The lowest BCUT2D eigenvalue weighted by molar-refractivity contribution is 0.674. The lowest BCUT2D eigenvalue weighted by atomic mass is 9.97. The van der Waals surface area contributed by atoms with Crippen LogP contribution in [0.1, 0.15) is 30.1 Å². The van der Waals surface area contributed by atoms with E-state index in [0.29, 0.717) is 0 Å². The van der Waals surface area contributed by atoms with Gasteiger partial charge in [-0.1, -0.05) is 146 Å². The summed E-state index contributed by atoms with van der Waals surface area (Å²) >= 11 is 1.83. The topological polar surface area (TPSA) is 41.7 Å². The van der Waals surface area contributed by atoms with E-state index in [-0.39, 0.29) is 6.17 Å². The van der Waals surface area contributed by atoms with Gasteiger partial charge in [0.15, 0.2) is 5.84 Å². The highest BCUT2D eigenvalue weighted by molar-refractivity contribution is 7.26. The average molecular weight is 737 g/mol. The number of benzene rings is 7. The van der Waals surface area contributed by atoms with Gasteiger partial charge in [0.05, 0.1) is 11.0 Å². The van der Waals surface area contributed by atoms with Gasteiger partial charge in [0.1, 0.15) is 12.0 Å². The molecule has 0 bridgehead atoms. The number of thiophene rings is 1. The van der Waals surface area contributed by atoms with Gasteiger partial charge in [-0.05, 0) is 77.1 Å². The second-order valence-electron chi connectivity index (χ2n) is 14.5. The zero-order valence-corrected chi connectivity index (χ0v) is 31.4. The molecule has 56 heavy (non-hydrogen) atoms. The van der Waals surface area contributed by atoms with Crippen molar-refractivity contribution >= 4 is 65.0 Å². The molecular weight excluding hydrogens is 701 g/mol. The van der Waals surface area contributed by atoms with Gasteiger partial charge in [0.2, 0.25) is 0 Å². The van der Waals surface area contributed by atoms with Crippen LogP contribution >= 0.6 is 11.3 Å². The molecule has 5 heteroatoms. The smallest absolute Gasteiger partial charge is 0.160 e. The number of hydrogen-bond donors (Lipinski definition) is 1. The highest BCUT2D eigenvalue weighted by Gasteiger charge is 2.24. The van der Waals surface area contributed by atoms with Gasteiger partial charge in [0, 0.05) is 47.8 Å². The van der Waals surface area contributed by atoms with Gasteiger partial charge in [-0.3, -0.25) is 0 Å². The zero-order valence-electron chi connectivity index (χ0n) is 30.6. The first-order chi connectivity index (χ1) is 27.8. The Morgan fingerprint density at radius 1 is 0.589 bits per heavy atom. The minimum atomic E-state index is -0.234. The second-order valence-corrected chi connectivity index (χ2v) is 15.5. The molecule has 0 spiro atoms. The van der Waals surface area contributed by atoms with Crippen LogP contribution in [-0.2, 0) is 0 Å². The molecular formula is C51H36N4S. The van der Waals surface area contributed by atoms with Gasteiger partial charge < -0.3 is 9.88 Å². The molecule has 2 aliphatic rings. The van der Waals surface area contributed by atoms with Gasteiger partial charge in [0.25, 0.3) is 0 Å². The SMILES string of the molecule is C1=CC(C2=NC(c3cccc4c3sc3cccc(-c5ccc6c7ccccc7n(-c7cccc(-c8ccccc8)c7)c6c5)c34)=NC(c3ccccc3)N2)=CCC1. The molecule has 7 aromatic carbocycles. The van der Waals surface area contributed by atoms with Gasteiger partial charge in [-0.15, -0.1) is 11.3 Å². The van der Waals surface area contributed by atoms with Gasteiger partial charge in [-0.25, -0.2) is 9.98 Å². The molecule has 1 unspecified atom stereocenters. The number of hydrogen-bond acceptors (Lipinski definition) is 4. The highest BCUT2D eigenvalue weighted by Crippen LogP contribution is 2.43. The van der Waals surface area contributed by atoms with E-state index >= 15 is 0 Å². The number of rotatable bonds is 6. The maximum absolute atomic E-state index is 5.26. The van der Waals surface area contributed by atoms with Crippen molar-refractivity contribution in [2.75, 3.05) is 0 Å². The first kappa shape index (κ1) is 32.6. The summed E-state index contributed by atoms with van der Waals surface area (Å²) in [6, 6.07) is 59.1. The van der Waals surface area contributed by atoms with E-state index in [9.17, 15) is 0 Å². The summed E-state index contributed by atoms with van der Waals surface area (Å²) in [6.07, 6.45) is 8.52. The Kier molecular flexibility index (Phi) is 7.85. The normalized spacial score (nSPS) is 15.6. The third kappa shape index (κ3) is 5.51. The summed E-state index contributed by atoms with van der Waals surface area (Å²) < 4.78 is 4.87. The molecule has 3 heterocycles. The van der Waals surface area contributed by atoms with Crippen LogP contribution in [-0.4, -0.2) is 16.2 Å². The summed E-state index contributed by atoms with van der Waals surface area (Å²) in [7, 11) is 0. The quantitative estimate of drug-likeness (QED) is 0.181. The summed E-state index contributed by atoms with van der Waals surface area (Å²) in [4.78, 5) is 10.5. The van der Waals surface area contributed by atoms with Crippen molar-refractivity contribution in [3.05, 3.63) is 199 Å². The van der Waals surface area contributed by atoms with Crippen LogP contribution in [0.25, 0.3) is 69.9 Å². The summed E-state index contributed by atoms with van der Waals surface area (Å²) in [5.41, 5.74) is 11.7. The fraction of sp³-hybridized carbons (Fsp3) is 0.0588. The lowest BCUT2D eigenvalue weighted by Crippen LogP contribution is -2.34. The van der Waals surface area contributed by atoms with Crippen LogP contribution < -0.4 is 5.32 Å². The number of allylic oxidation sites excluding steroid dienone is 2. The molecule has 0 radical (unpaired) electrons. The lowest BCUT2D eigenvalue weighted by Gasteiger charge is -2.24. The van der Waals surface area contributed by atoms with Crippen molar-refractivity contribution in [3.8, 4) is 27.9 Å². The Bertz CT molecular complexity index is 3110. The van der Waals surface area contributed by atoms with E-state index in [2.05, 4.69) is 192 Å². The molecule has 0 saturated carbocycles. The monoisotopic (exact) mass is 736 g/mol. The van der Waals surface area contributed by atoms with Gasteiger partial charge in [-0.2, -0.15) is 0 Å². The molecule has 266 valence electrons. The fourth-order valence-electron chi connectivity index (χ4n) is 8.45. The van der Waals surface area contributed by atoms with E-state index in [1.807, 2.05) is 11.3 Å². The number of nitrogens with one attached hydrogen (secondary N) is 1. The molecule has 2 aromatic heterocycles. The number of nitrogens with zero attached hydrogens (tertiary/aromatic N) is 3. The van der Waals surface area contributed by atoms with E-state index in [4.69, 9.17) is 9.98 Å². The maximum Gasteiger partial charge on any atom is 0.160 e. The van der Waals surface area contributed by atoms with Crippen molar-refractivity contribution in [3.63, 3.8) is 0 Å². The van der Waals surface area contributed by atoms with Crippen molar-refractivity contribution in [2.45, 2.75) is 19.0 Å². The van der Waals surface area contributed by atoms with Crippen LogP contribution in [0.3, 0.4) is 0 Å². The van der Waals surface area contributed by atoms with Crippen molar-refractivity contribution in [1.29, 1.82) is 0 Å². The van der Waals surface area contributed by atoms with E-state index < -0.39 is 0 Å². The van der Waals surface area contributed by atoms with E-state index in [1.165, 1.54) is 64.2 Å². The molecule has 1 aliphatic carbocycles. The molecule has 0 amide bonds. The Balaban J connectivity index is 1.08. The average Bonchev–Trinajstić information content (AvgIpc) is 3.83. The Morgan fingerprint density at radius 3 is 2.21 bits per heavy atom. The van der Waals surface area contributed by atoms with E-state index in [0.717, 1.165) is 46.9 Å². The Hall–Kier alpha value is -6.82. The van der Waals surface area contributed by atoms with Crippen molar-refractivity contribution in [2.24, 2.45) is 9.98 Å². The van der Waals surface area contributed by atoms with Crippen LogP contribution in [0.15, 0.2) is 198 Å². The standard InChI is InChI=1S/C51H36N4S/c1-4-15-33(16-5-1)36-21-12-22-38(31-36)55-44-27-11-10-23-40(44)41-30-29-37(32-45(41)55)39-24-14-28-46-47(39)42-25-13-26-43(48(42)56-46)51-53-49(34-17-6-2-7-18-34)52-50(54-51)35-19-8-3-9-20-35/h1-2,4-8,10-32,49H,3,9H2,(H,52,53,54). The second kappa shape index (κ2) is 13.5. The molecule has 1 atom stereocenters. The predicted octanol–water partition coefficient (Wildman–Crippen LogP) is 13.2. The Labute approximate surface area is 329 Å². The van der Waals surface area contributed by atoms with Crippen LogP contribution in [0.2, 0.25) is 0 Å². The number of amidine groups is 2. The summed E-state index contributed by atoms with van der Waals surface area (Å²) in [6.45, 7) is 0. The number of aliphatic imine (C=N–C) groups is 2. The summed E-state index contributed by atoms with van der Waals surface area (Å²) in [5.74, 6) is 1.63. The molecule has 1 aliphatic heterocycles. The first-order valence-corrected chi connectivity index (χ1v) is 20.1. The number of fused-ring (bicyclic) bond motifs is 6. The maximum atomic E-state index is 5.26. The third-order valence-electron chi connectivity index (χ3n) is 11.1.